The molecule has 0 aliphatic carbocycles. The number of rotatable bonds is 3. The van der Waals surface area contributed by atoms with Gasteiger partial charge in [0.15, 0.2) is 5.65 Å². The topological polar surface area (TPSA) is 76.6 Å². The van der Waals surface area contributed by atoms with Gasteiger partial charge < -0.3 is 4.74 Å². The summed E-state index contributed by atoms with van der Waals surface area (Å²) in [5, 5.41) is 13.6. The summed E-state index contributed by atoms with van der Waals surface area (Å²) in [6.45, 7) is 3.88. The van der Waals surface area contributed by atoms with Crippen LogP contribution in [0.5, 0.6) is 11.6 Å². The first kappa shape index (κ1) is 16.0. The van der Waals surface area contributed by atoms with E-state index < -0.39 is 0 Å². The summed E-state index contributed by atoms with van der Waals surface area (Å²) in [4.78, 5) is 8.35. The van der Waals surface area contributed by atoms with Crippen LogP contribution >= 0.6 is 11.6 Å². The maximum absolute atomic E-state index is 8.65. The van der Waals surface area contributed by atoms with Gasteiger partial charge in [0.1, 0.15) is 11.1 Å². The van der Waals surface area contributed by atoms with E-state index in [0.717, 1.165) is 16.7 Å². The Morgan fingerprint density at radius 2 is 1.96 bits per heavy atom. The molecule has 3 aromatic rings. The first-order valence-electron chi connectivity index (χ1n) is 7.20. The van der Waals surface area contributed by atoms with Gasteiger partial charge >= 0.3 is 0 Å². The van der Waals surface area contributed by atoms with E-state index >= 15 is 0 Å². The molecule has 120 valence electrons. The van der Waals surface area contributed by atoms with Crippen LogP contribution in [-0.4, -0.2) is 19.7 Å². The molecule has 0 amide bonds. The average Bonchev–Trinajstić information content (AvgIpc) is 2.90. The van der Waals surface area contributed by atoms with E-state index in [1.165, 1.54) is 6.08 Å². The Morgan fingerprint density at radius 3 is 2.62 bits per heavy atom. The first-order chi connectivity index (χ1) is 11.5. The predicted octanol–water partition coefficient (Wildman–Crippen LogP) is 3.96. The molecular formula is C17H14ClN5O. The lowest BCUT2D eigenvalue weighted by atomic mass is 10.1. The molecule has 0 atom stereocenters. The summed E-state index contributed by atoms with van der Waals surface area (Å²) >= 11 is 6.00. The molecule has 0 N–H and O–H groups in total. The summed E-state index contributed by atoms with van der Waals surface area (Å²) in [6, 6.07) is 5.87. The van der Waals surface area contributed by atoms with Crippen molar-refractivity contribution in [2.24, 2.45) is 7.05 Å². The van der Waals surface area contributed by atoms with E-state index in [-0.39, 0.29) is 5.28 Å². The second kappa shape index (κ2) is 6.30. The molecule has 0 radical (unpaired) electrons. The van der Waals surface area contributed by atoms with Crippen molar-refractivity contribution in [3.05, 3.63) is 46.4 Å². The maximum Gasteiger partial charge on any atom is 0.234 e. The summed E-state index contributed by atoms with van der Waals surface area (Å²) in [5.74, 6) is 1.06. The van der Waals surface area contributed by atoms with Crippen molar-refractivity contribution < 1.29 is 4.74 Å². The Morgan fingerprint density at radius 1 is 1.25 bits per heavy atom. The van der Waals surface area contributed by atoms with E-state index in [1.54, 1.807) is 24.0 Å². The fraction of sp³-hybridized carbons (Fsp3) is 0.176. The molecule has 6 nitrogen and oxygen atoms in total. The van der Waals surface area contributed by atoms with Gasteiger partial charge in [0.25, 0.3) is 0 Å². The molecule has 0 unspecified atom stereocenters. The van der Waals surface area contributed by atoms with Gasteiger partial charge in [-0.3, -0.25) is 4.68 Å². The molecule has 0 bridgehead atoms. The van der Waals surface area contributed by atoms with Crippen LogP contribution in [0, 0.1) is 25.2 Å². The number of hydrogen-bond acceptors (Lipinski definition) is 5. The average molecular weight is 340 g/mol. The molecule has 2 heterocycles. The molecule has 1 aromatic carbocycles. The number of halogens is 1. The van der Waals surface area contributed by atoms with Crippen molar-refractivity contribution in [2.45, 2.75) is 13.8 Å². The van der Waals surface area contributed by atoms with Crippen molar-refractivity contribution in [3.8, 4) is 17.7 Å². The van der Waals surface area contributed by atoms with E-state index in [1.807, 2.05) is 32.0 Å². The molecule has 7 heteroatoms. The largest absolute Gasteiger partial charge is 0.438 e. The number of nitriles is 1. The van der Waals surface area contributed by atoms with Crippen LogP contribution in [0.25, 0.3) is 17.1 Å². The van der Waals surface area contributed by atoms with Gasteiger partial charge in [0, 0.05) is 13.1 Å². The minimum atomic E-state index is 0.102. The van der Waals surface area contributed by atoms with Gasteiger partial charge in [-0.15, -0.1) is 0 Å². The zero-order chi connectivity index (χ0) is 17.3. The lowest BCUT2D eigenvalue weighted by Crippen LogP contribution is -1.98. The van der Waals surface area contributed by atoms with E-state index in [0.29, 0.717) is 22.7 Å². The zero-order valence-corrected chi connectivity index (χ0v) is 14.2. The molecule has 2 aromatic heterocycles. The van der Waals surface area contributed by atoms with Crippen molar-refractivity contribution in [3.63, 3.8) is 0 Å². The summed E-state index contributed by atoms with van der Waals surface area (Å²) in [6.07, 6.45) is 4.85. The lowest BCUT2D eigenvalue weighted by molar-refractivity contribution is 0.461. The number of benzene rings is 1. The fourth-order valence-electron chi connectivity index (χ4n) is 2.52. The van der Waals surface area contributed by atoms with Crippen molar-refractivity contribution in [1.82, 2.24) is 19.7 Å². The van der Waals surface area contributed by atoms with Crippen LogP contribution in [0.1, 0.15) is 16.7 Å². The highest BCUT2D eigenvalue weighted by Gasteiger charge is 2.15. The van der Waals surface area contributed by atoms with Gasteiger partial charge in [-0.05, 0) is 60.3 Å². The monoisotopic (exact) mass is 339 g/mol. The Bertz CT molecular complexity index is 977. The fourth-order valence-corrected chi connectivity index (χ4v) is 2.68. The number of aromatic nitrogens is 4. The minimum absolute atomic E-state index is 0.102. The number of nitrogens with zero attached hydrogens (tertiary/aromatic N) is 5. The molecule has 0 fully saturated rings. The summed E-state index contributed by atoms with van der Waals surface area (Å²) in [5.41, 5.74) is 3.40. The highest BCUT2D eigenvalue weighted by molar-refractivity contribution is 6.28. The quantitative estimate of drug-likeness (QED) is 0.533. The molecule has 24 heavy (non-hydrogen) atoms. The van der Waals surface area contributed by atoms with Gasteiger partial charge in [-0.1, -0.05) is 0 Å². The summed E-state index contributed by atoms with van der Waals surface area (Å²) < 4.78 is 7.65. The SMILES string of the molecule is Cc1cc(/C=C/C#N)cc(C)c1Oc1nc(Cl)nc2c1cnn2C. The predicted molar refractivity (Wildman–Crippen MR) is 92.0 cm³/mol. The number of fused-ring (bicyclic) bond motifs is 1. The second-order valence-corrected chi connectivity index (χ2v) is 5.69. The number of ether oxygens (including phenoxy) is 1. The van der Waals surface area contributed by atoms with Gasteiger partial charge in [-0.2, -0.15) is 20.3 Å². The molecule has 0 saturated carbocycles. The lowest BCUT2D eigenvalue weighted by Gasteiger charge is -2.12. The van der Waals surface area contributed by atoms with Crippen molar-refractivity contribution in [1.29, 1.82) is 5.26 Å². The molecule has 0 aliphatic rings. The molecule has 0 aliphatic heterocycles. The highest BCUT2D eigenvalue weighted by atomic mass is 35.5. The third-order valence-corrected chi connectivity index (χ3v) is 3.73. The van der Waals surface area contributed by atoms with Gasteiger partial charge in [0.2, 0.25) is 11.2 Å². The number of hydrogen-bond donors (Lipinski definition) is 0. The standard InChI is InChI=1S/C17H14ClN5O/c1-10-7-12(5-4-6-19)8-11(2)14(10)24-16-13-9-20-23(3)15(13)21-17(18)22-16/h4-5,7-9H,1-3H3/b5-4+. The van der Waals surface area contributed by atoms with Crippen LogP contribution in [0.4, 0.5) is 0 Å². The normalized spacial score (nSPS) is 11.1. The molecule has 0 saturated heterocycles. The molecule has 0 spiro atoms. The first-order valence-corrected chi connectivity index (χ1v) is 7.58. The Hall–Kier alpha value is -2.91. The Balaban J connectivity index is 2.06. The third-order valence-electron chi connectivity index (χ3n) is 3.56. The van der Waals surface area contributed by atoms with Gasteiger partial charge in [-0.25, -0.2) is 0 Å². The summed E-state index contributed by atoms with van der Waals surface area (Å²) in [7, 11) is 1.78. The van der Waals surface area contributed by atoms with E-state index in [2.05, 4.69) is 15.1 Å². The smallest absolute Gasteiger partial charge is 0.234 e. The van der Waals surface area contributed by atoms with Crippen LogP contribution < -0.4 is 4.74 Å². The Labute approximate surface area is 144 Å². The number of allylic oxidation sites excluding steroid dienone is 1. The van der Waals surface area contributed by atoms with Crippen LogP contribution in [0.3, 0.4) is 0 Å². The van der Waals surface area contributed by atoms with Crippen LogP contribution in [0.15, 0.2) is 24.4 Å². The van der Waals surface area contributed by atoms with Crippen LogP contribution in [-0.2, 0) is 7.05 Å². The minimum Gasteiger partial charge on any atom is -0.438 e. The molecular weight excluding hydrogens is 326 g/mol. The molecule has 3 rings (SSSR count). The highest BCUT2D eigenvalue weighted by Crippen LogP contribution is 2.33. The maximum atomic E-state index is 8.65. The van der Waals surface area contributed by atoms with Crippen molar-refractivity contribution >= 4 is 28.7 Å². The van der Waals surface area contributed by atoms with E-state index in [9.17, 15) is 0 Å². The van der Waals surface area contributed by atoms with Crippen LogP contribution in [0.2, 0.25) is 5.28 Å². The third kappa shape index (κ3) is 2.94. The van der Waals surface area contributed by atoms with Crippen molar-refractivity contribution in [2.75, 3.05) is 0 Å². The second-order valence-electron chi connectivity index (χ2n) is 5.35. The Kier molecular flexibility index (Phi) is 4.19. The van der Waals surface area contributed by atoms with Gasteiger partial charge in [0.05, 0.1) is 12.3 Å². The zero-order valence-electron chi connectivity index (χ0n) is 13.4. The van der Waals surface area contributed by atoms with E-state index in [4.69, 9.17) is 21.6 Å². The number of aryl methyl sites for hydroxylation is 3.